The minimum Gasteiger partial charge on any atom is -0.495 e. The van der Waals surface area contributed by atoms with Crippen LogP contribution in [0, 0.1) is 5.41 Å². The van der Waals surface area contributed by atoms with E-state index in [0.29, 0.717) is 46.4 Å². The molecule has 6 N–H and O–H groups in total. The van der Waals surface area contributed by atoms with E-state index >= 15 is 0 Å². The molecule has 3 aromatic carbocycles. The van der Waals surface area contributed by atoms with Gasteiger partial charge < -0.3 is 30.2 Å². The van der Waals surface area contributed by atoms with Crippen LogP contribution < -0.4 is 36.1 Å². The minimum absolute atomic E-state index is 0.0599. The molecule has 1 atom stereocenters. The summed E-state index contributed by atoms with van der Waals surface area (Å²) in [4.78, 5) is 27.1. The number of nitrogens with one attached hydrogen (secondary N) is 4. The topological polar surface area (TPSA) is 151 Å². The number of hydrazine groups is 1. The number of methoxy groups -OCH3 is 1. The van der Waals surface area contributed by atoms with Gasteiger partial charge in [0, 0.05) is 31.4 Å². The molecule has 0 aliphatic rings. The molecule has 0 fully saturated rings. The van der Waals surface area contributed by atoms with Crippen molar-refractivity contribution in [1.29, 1.82) is 5.41 Å². The summed E-state index contributed by atoms with van der Waals surface area (Å²) in [7, 11) is 4.83. The van der Waals surface area contributed by atoms with Crippen molar-refractivity contribution in [2.24, 2.45) is 5.73 Å². The van der Waals surface area contributed by atoms with Crippen LogP contribution in [0.3, 0.4) is 0 Å². The summed E-state index contributed by atoms with van der Waals surface area (Å²) in [5.74, 6) is 0.719. The molecule has 0 aliphatic carbocycles. The number of ether oxygens (including phenoxy) is 3. The number of hydrogen-bond acceptors (Lipinski definition) is 8. The Morgan fingerprint density at radius 1 is 1.00 bits per heavy atom. The maximum Gasteiger partial charge on any atom is 0.265 e. The molecule has 0 aromatic heterocycles. The Morgan fingerprint density at radius 3 is 2.28 bits per heavy atom. The Labute approximate surface area is 227 Å². The number of likely N-dealkylation sites (N-methyl/N-ethyl adjacent to an activating group) is 1. The van der Waals surface area contributed by atoms with Crippen molar-refractivity contribution in [2.75, 3.05) is 45.2 Å². The molecule has 2 amide bonds. The van der Waals surface area contributed by atoms with Gasteiger partial charge in [-0.05, 0) is 61.0 Å². The third-order valence-electron chi connectivity index (χ3n) is 5.60. The zero-order valence-corrected chi connectivity index (χ0v) is 22.4. The first-order valence-electron chi connectivity index (χ1n) is 12.2. The summed E-state index contributed by atoms with van der Waals surface area (Å²) in [6.07, 6.45) is 0. The minimum atomic E-state index is -0.914. The van der Waals surface area contributed by atoms with Gasteiger partial charge in [0.2, 0.25) is 0 Å². The molecule has 0 heterocycles. The first kappa shape index (κ1) is 28.6. The van der Waals surface area contributed by atoms with Gasteiger partial charge in [-0.25, -0.2) is 0 Å². The summed E-state index contributed by atoms with van der Waals surface area (Å²) in [5, 5.41) is 10.8. The zero-order chi connectivity index (χ0) is 28.4. The highest BCUT2D eigenvalue weighted by molar-refractivity contribution is 5.95. The van der Waals surface area contributed by atoms with Gasteiger partial charge in [-0.15, -0.1) is 0 Å². The van der Waals surface area contributed by atoms with Gasteiger partial charge in [0.1, 0.15) is 29.1 Å². The van der Waals surface area contributed by atoms with Crippen LogP contribution in [0.5, 0.6) is 17.2 Å². The fourth-order valence-electron chi connectivity index (χ4n) is 3.53. The largest absolute Gasteiger partial charge is 0.495 e. The molecule has 39 heavy (non-hydrogen) atoms. The third-order valence-corrected chi connectivity index (χ3v) is 5.60. The third kappa shape index (κ3) is 8.03. The van der Waals surface area contributed by atoms with Gasteiger partial charge in [0.15, 0.2) is 6.61 Å². The van der Waals surface area contributed by atoms with Crippen LogP contribution in [0.1, 0.15) is 24.1 Å². The molecule has 1 unspecified atom stereocenters. The number of carbonyl (C=O) groups is 2. The summed E-state index contributed by atoms with van der Waals surface area (Å²) < 4.78 is 16.8. The zero-order valence-electron chi connectivity index (χ0n) is 22.4. The van der Waals surface area contributed by atoms with E-state index in [1.807, 2.05) is 19.1 Å². The van der Waals surface area contributed by atoms with E-state index in [0.717, 1.165) is 0 Å². The first-order chi connectivity index (χ1) is 18.7. The Bertz CT molecular complexity index is 1300. The van der Waals surface area contributed by atoms with E-state index in [4.69, 9.17) is 25.4 Å². The molecule has 3 aromatic rings. The van der Waals surface area contributed by atoms with Crippen molar-refractivity contribution in [3.8, 4) is 17.2 Å². The van der Waals surface area contributed by atoms with Crippen LogP contribution in [-0.2, 0) is 9.59 Å². The molecule has 11 heteroatoms. The molecule has 0 saturated carbocycles. The normalized spacial score (nSPS) is 11.1. The molecule has 0 aliphatic heterocycles. The first-order valence-corrected chi connectivity index (χ1v) is 12.2. The Kier molecular flexibility index (Phi) is 9.96. The van der Waals surface area contributed by atoms with E-state index in [-0.39, 0.29) is 18.3 Å². The van der Waals surface area contributed by atoms with Crippen LogP contribution in [0.15, 0.2) is 66.7 Å². The summed E-state index contributed by atoms with van der Waals surface area (Å²) >= 11 is 0. The Hall–Kier alpha value is -4.93. The fraction of sp³-hybridized carbons (Fsp3) is 0.250. The number of nitrogen functional groups attached to an aromatic ring is 1. The van der Waals surface area contributed by atoms with Crippen molar-refractivity contribution in [1.82, 2.24) is 10.3 Å². The molecule has 11 nitrogen and oxygen atoms in total. The van der Waals surface area contributed by atoms with E-state index in [9.17, 15) is 9.59 Å². The number of rotatable bonds is 13. The lowest BCUT2D eigenvalue weighted by molar-refractivity contribution is -0.130. The predicted octanol–water partition coefficient (Wildman–Crippen LogP) is 3.14. The smallest absolute Gasteiger partial charge is 0.265 e. The number of hydrogen-bond donors (Lipinski definition) is 5. The average molecular weight is 535 g/mol. The predicted molar refractivity (Wildman–Crippen MR) is 150 cm³/mol. The maximum atomic E-state index is 13.6. The quantitative estimate of drug-likeness (QED) is 0.127. The van der Waals surface area contributed by atoms with Crippen molar-refractivity contribution in [3.63, 3.8) is 0 Å². The number of carbonyl (C=O) groups excluding carboxylic acids is 2. The molecule has 0 bridgehead atoms. The van der Waals surface area contributed by atoms with E-state index in [2.05, 4.69) is 16.2 Å². The van der Waals surface area contributed by atoms with Gasteiger partial charge >= 0.3 is 0 Å². The fourth-order valence-corrected chi connectivity index (χ4v) is 3.53. The molecule has 0 spiro atoms. The summed E-state index contributed by atoms with van der Waals surface area (Å²) in [6.45, 7) is 2.07. The standard InChI is InChI=1S/C28H34N6O5/c1-5-38-21-14-19(15-22(16-21)39-17-25(35)34(2)3)26(31-20-12-10-18(11-13-20)27(29)30)28(36)33-32-23-8-6-7-9-24(23)37-4/h6-16,26,31-32H,5,17H2,1-4H3,(H3,29,30)(H,33,36). The summed E-state index contributed by atoms with van der Waals surface area (Å²) in [6, 6.07) is 18.2. The van der Waals surface area contributed by atoms with Crippen LogP contribution >= 0.6 is 0 Å². The lowest BCUT2D eigenvalue weighted by Crippen LogP contribution is -2.37. The monoisotopic (exact) mass is 534 g/mol. The van der Waals surface area contributed by atoms with Gasteiger partial charge in [-0.3, -0.25) is 25.8 Å². The molecule has 206 valence electrons. The number of amides is 2. The van der Waals surface area contributed by atoms with E-state index in [1.165, 1.54) is 4.90 Å². The van der Waals surface area contributed by atoms with Crippen molar-refractivity contribution in [3.05, 3.63) is 77.9 Å². The molecule has 0 radical (unpaired) electrons. The highest BCUT2D eigenvalue weighted by atomic mass is 16.5. The number of para-hydroxylation sites is 2. The van der Waals surface area contributed by atoms with Gasteiger partial charge in [-0.1, -0.05) is 12.1 Å². The van der Waals surface area contributed by atoms with Gasteiger partial charge in [0.25, 0.3) is 11.8 Å². The number of anilines is 2. The van der Waals surface area contributed by atoms with Crippen molar-refractivity contribution in [2.45, 2.75) is 13.0 Å². The SMILES string of the molecule is CCOc1cc(OCC(=O)N(C)C)cc(C(Nc2ccc(C(=N)N)cc2)C(=O)NNc2ccccc2OC)c1. The van der Waals surface area contributed by atoms with Crippen LogP contribution in [-0.4, -0.2) is 57.0 Å². The van der Waals surface area contributed by atoms with Crippen LogP contribution in [0.25, 0.3) is 0 Å². The lowest BCUT2D eigenvalue weighted by atomic mass is 10.0. The lowest BCUT2D eigenvalue weighted by Gasteiger charge is -2.22. The van der Waals surface area contributed by atoms with Crippen molar-refractivity contribution < 1.29 is 23.8 Å². The van der Waals surface area contributed by atoms with Gasteiger partial charge in [-0.2, -0.15) is 0 Å². The highest BCUT2D eigenvalue weighted by Crippen LogP contribution is 2.30. The van der Waals surface area contributed by atoms with Crippen LogP contribution in [0.4, 0.5) is 11.4 Å². The van der Waals surface area contributed by atoms with Crippen molar-refractivity contribution >= 4 is 29.0 Å². The Morgan fingerprint density at radius 2 is 1.67 bits per heavy atom. The highest BCUT2D eigenvalue weighted by Gasteiger charge is 2.23. The average Bonchev–Trinajstić information content (AvgIpc) is 2.93. The van der Waals surface area contributed by atoms with E-state index in [1.54, 1.807) is 75.8 Å². The maximum absolute atomic E-state index is 13.6. The number of benzene rings is 3. The van der Waals surface area contributed by atoms with Gasteiger partial charge in [0.05, 0.1) is 19.4 Å². The Balaban J connectivity index is 1.94. The molecular formula is C28H34N6O5. The second-order valence-corrected chi connectivity index (χ2v) is 8.63. The molecule has 3 rings (SSSR count). The second kappa shape index (κ2) is 13.6. The number of nitrogens with two attached hydrogens (primary N) is 1. The number of amidine groups is 1. The van der Waals surface area contributed by atoms with Crippen LogP contribution in [0.2, 0.25) is 0 Å². The molecule has 0 saturated heterocycles. The van der Waals surface area contributed by atoms with E-state index < -0.39 is 11.9 Å². The number of nitrogens with zero attached hydrogens (tertiary/aromatic N) is 1. The molecular weight excluding hydrogens is 500 g/mol. The summed E-state index contributed by atoms with van der Waals surface area (Å²) in [5.41, 5.74) is 13.5. The second-order valence-electron chi connectivity index (χ2n) is 8.63.